The number of hydrogen-bond acceptors (Lipinski definition) is 8. The zero-order chi connectivity index (χ0) is 24.9. The molecule has 0 saturated carbocycles. The lowest BCUT2D eigenvalue weighted by atomic mass is 10.0. The first-order chi connectivity index (χ1) is 16.0. The molecule has 0 aromatic carbocycles. The van der Waals surface area contributed by atoms with Crippen LogP contribution in [0.5, 0.6) is 0 Å². The van der Waals surface area contributed by atoms with Crippen LogP contribution in [0.1, 0.15) is 38.0 Å². The molecule has 0 saturated heterocycles. The van der Waals surface area contributed by atoms with Gasteiger partial charge in [0.15, 0.2) is 0 Å². The zero-order valence-electron chi connectivity index (χ0n) is 17.9. The van der Waals surface area contributed by atoms with Crippen molar-refractivity contribution in [1.29, 1.82) is 0 Å². The molecule has 0 fully saturated rings. The molecule has 4 rings (SSSR count). The molecule has 0 spiro atoms. The Morgan fingerprint density at radius 2 is 2.00 bits per heavy atom. The average molecular weight is 490 g/mol. The van der Waals surface area contributed by atoms with Gasteiger partial charge in [0.2, 0.25) is 5.69 Å². The number of aromatic nitrogens is 5. The molecule has 0 radical (unpaired) electrons. The lowest BCUT2D eigenvalue weighted by molar-refractivity contribution is -0.385. The summed E-state index contributed by atoms with van der Waals surface area (Å²) in [5, 5.41) is 21.9. The SMILES string of the molecule is Cc1c(-c2cc(C(F)F)nc3sc(C(N)=O)c(NC(=O)c4nn(C)cc4[N+](=O)[O-])c23)cnn1C. The van der Waals surface area contributed by atoms with E-state index in [-0.39, 0.29) is 26.3 Å². The standard InChI is InChI=1S/C19H16F2N8O4S/c1-7-9(5-23-28(7)3)8-4-10(16(20)21)24-19-12(8)14(15(34-19)17(22)30)25-18(31)13-11(29(32)33)6-27(2)26-13/h4-6,16H,1-3H3,(H2,22,30)(H,25,31). The van der Waals surface area contributed by atoms with Gasteiger partial charge in [-0.15, -0.1) is 11.3 Å². The minimum atomic E-state index is -2.91. The van der Waals surface area contributed by atoms with E-state index in [2.05, 4.69) is 20.5 Å². The van der Waals surface area contributed by atoms with E-state index in [0.29, 0.717) is 11.3 Å². The third-order valence-electron chi connectivity index (χ3n) is 5.11. The molecule has 0 aliphatic carbocycles. The number of nitrogens with zero attached hydrogens (tertiary/aromatic N) is 6. The summed E-state index contributed by atoms with van der Waals surface area (Å²) < 4.78 is 29.8. The summed E-state index contributed by atoms with van der Waals surface area (Å²) in [5.41, 5.74) is 5.11. The monoisotopic (exact) mass is 490 g/mol. The number of thiophene rings is 1. The maximum absolute atomic E-state index is 13.6. The first kappa shape index (κ1) is 22.9. The molecule has 0 unspecified atom stereocenters. The van der Waals surface area contributed by atoms with Crippen molar-refractivity contribution in [2.45, 2.75) is 13.3 Å². The molecular formula is C19H16F2N8O4S. The van der Waals surface area contributed by atoms with Crippen LogP contribution in [0.15, 0.2) is 18.5 Å². The summed E-state index contributed by atoms with van der Waals surface area (Å²) in [6.45, 7) is 1.72. The van der Waals surface area contributed by atoms with Gasteiger partial charge in [-0.05, 0) is 18.6 Å². The summed E-state index contributed by atoms with van der Waals surface area (Å²) in [6.07, 6.45) is -0.402. The number of primary amides is 1. The highest BCUT2D eigenvalue weighted by molar-refractivity contribution is 7.21. The van der Waals surface area contributed by atoms with Crippen LogP contribution in [-0.2, 0) is 14.1 Å². The van der Waals surface area contributed by atoms with Crippen LogP contribution in [0.3, 0.4) is 0 Å². The van der Waals surface area contributed by atoms with Crippen LogP contribution in [0, 0.1) is 17.0 Å². The number of carbonyl (C=O) groups excluding carboxylic acids is 2. The van der Waals surface area contributed by atoms with Gasteiger partial charge in [0.1, 0.15) is 21.6 Å². The largest absolute Gasteiger partial charge is 0.365 e. The first-order valence-corrected chi connectivity index (χ1v) is 10.3. The minimum absolute atomic E-state index is 0.0238. The summed E-state index contributed by atoms with van der Waals surface area (Å²) in [4.78, 5) is 39.5. The van der Waals surface area contributed by atoms with Gasteiger partial charge in [-0.3, -0.25) is 29.1 Å². The van der Waals surface area contributed by atoms with Gasteiger partial charge in [0.25, 0.3) is 18.2 Å². The lowest BCUT2D eigenvalue weighted by Gasteiger charge is -2.10. The number of hydrogen-bond donors (Lipinski definition) is 2. The minimum Gasteiger partial charge on any atom is -0.365 e. The Labute approximate surface area is 193 Å². The van der Waals surface area contributed by atoms with E-state index in [1.54, 1.807) is 14.0 Å². The van der Waals surface area contributed by atoms with E-state index in [1.807, 2.05) is 0 Å². The van der Waals surface area contributed by atoms with Crippen molar-refractivity contribution in [3.05, 3.63) is 50.5 Å². The van der Waals surface area contributed by atoms with Crippen molar-refractivity contribution in [2.75, 3.05) is 5.32 Å². The number of carbonyl (C=O) groups is 2. The number of amides is 2. The topological polar surface area (TPSA) is 164 Å². The second-order valence-corrected chi connectivity index (χ2v) is 8.26. The maximum atomic E-state index is 13.6. The number of aryl methyl sites for hydroxylation is 2. The molecule has 12 nitrogen and oxygen atoms in total. The third-order valence-corrected chi connectivity index (χ3v) is 6.21. The number of nitro groups is 1. The van der Waals surface area contributed by atoms with E-state index >= 15 is 0 Å². The van der Waals surface area contributed by atoms with E-state index in [1.165, 1.54) is 17.9 Å². The molecule has 176 valence electrons. The number of halogens is 2. The van der Waals surface area contributed by atoms with Crippen molar-refractivity contribution >= 4 is 44.7 Å². The number of pyridine rings is 1. The van der Waals surface area contributed by atoms with Crippen LogP contribution in [0.25, 0.3) is 21.3 Å². The van der Waals surface area contributed by atoms with Crippen molar-refractivity contribution in [2.24, 2.45) is 19.8 Å². The molecular weight excluding hydrogens is 474 g/mol. The van der Waals surface area contributed by atoms with Crippen LogP contribution in [-0.4, -0.2) is 41.3 Å². The Balaban J connectivity index is 1.98. The lowest BCUT2D eigenvalue weighted by Crippen LogP contribution is -2.18. The molecule has 4 aromatic rings. The van der Waals surface area contributed by atoms with Crippen molar-refractivity contribution < 1.29 is 23.3 Å². The molecule has 4 aromatic heterocycles. The van der Waals surface area contributed by atoms with Gasteiger partial charge < -0.3 is 11.1 Å². The molecule has 0 bridgehead atoms. The summed E-state index contributed by atoms with van der Waals surface area (Å²) in [6, 6.07) is 1.15. The number of anilines is 1. The Bertz CT molecular complexity index is 1490. The highest BCUT2D eigenvalue weighted by Crippen LogP contribution is 2.43. The fraction of sp³-hybridized carbons (Fsp3) is 0.211. The normalized spacial score (nSPS) is 11.4. The second kappa shape index (κ2) is 8.26. The number of nitrogens with one attached hydrogen (secondary N) is 1. The first-order valence-electron chi connectivity index (χ1n) is 9.53. The number of nitrogens with two attached hydrogens (primary N) is 1. The van der Waals surface area contributed by atoms with E-state index in [9.17, 15) is 28.5 Å². The predicted octanol–water partition coefficient (Wildman–Crippen LogP) is 2.94. The Kier molecular flexibility index (Phi) is 5.56. The molecule has 0 aliphatic heterocycles. The predicted molar refractivity (Wildman–Crippen MR) is 118 cm³/mol. The van der Waals surface area contributed by atoms with E-state index in [0.717, 1.165) is 28.3 Å². The van der Waals surface area contributed by atoms with Gasteiger partial charge in [-0.25, -0.2) is 13.8 Å². The molecule has 34 heavy (non-hydrogen) atoms. The van der Waals surface area contributed by atoms with Gasteiger partial charge >= 0.3 is 5.69 Å². The average Bonchev–Trinajstić information content (AvgIpc) is 3.43. The highest BCUT2D eigenvalue weighted by Gasteiger charge is 2.30. The van der Waals surface area contributed by atoms with Crippen molar-refractivity contribution in [3.63, 3.8) is 0 Å². The molecule has 4 heterocycles. The van der Waals surface area contributed by atoms with Gasteiger partial charge in [0.05, 0.1) is 16.8 Å². The fourth-order valence-corrected chi connectivity index (χ4v) is 4.46. The maximum Gasteiger partial charge on any atom is 0.320 e. The quantitative estimate of drug-likeness (QED) is 0.310. The number of alkyl halides is 2. The summed E-state index contributed by atoms with van der Waals surface area (Å²) in [5.74, 6) is -1.93. The number of rotatable bonds is 6. The van der Waals surface area contributed by atoms with Crippen LogP contribution >= 0.6 is 11.3 Å². The van der Waals surface area contributed by atoms with Crippen molar-refractivity contribution in [1.82, 2.24) is 24.5 Å². The third kappa shape index (κ3) is 3.75. The molecule has 0 aliphatic rings. The van der Waals surface area contributed by atoms with Gasteiger partial charge in [-0.1, -0.05) is 0 Å². The molecule has 0 atom stereocenters. The zero-order valence-corrected chi connectivity index (χ0v) is 18.7. The van der Waals surface area contributed by atoms with E-state index < -0.39 is 40.2 Å². The Morgan fingerprint density at radius 1 is 1.29 bits per heavy atom. The number of fused-ring (bicyclic) bond motifs is 1. The Morgan fingerprint density at radius 3 is 2.56 bits per heavy atom. The second-order valence-electron chi connectivity index (χ2n) is 7.26. The summed E-state index contributed by atoms with van der Waals surface area (Å²) >= 11 is 0.718. The molecule has 15 heteroatoms. The fourth-order valence-electron chi connectivity index (χ4n) is 3.44. The molecule has 3 N–H and O–H groups in total. The van der Waals surface area contributed by atoms with Crippen LogP contribution in [0.2, 0.25) is 0 Å². The van der Waals surface area contributed by atoms with Crippen LogP contribution < -0.4 is 11.1 Å². The highest BCUT2D eigenvalue weighted by atomic mass is 32.1. The Hall–Kier alpha value is -4.27. The van der Waals surface area contributed by atoms with E-state index in [4.69, 9.17) is 5.73 Å². The van der Waals surface area contributed by atoms with Gasteiger partial charge in [0, 0.05) is 30.7 Å². The van der Waals surface area contributed by atoms with Gasteiger partial charge in [-0.2, -0.15) is 10.2 Å². The molecule has 2 amide bonds. The van der Waals surface area contributed by atoms with Crippen LogP contribution in [0.4, 0.5) is 20.2 Å². The summed E-state index contributed by atoms with van der Waals surface area (Å²) in [7, 11) is 3.06. The smallest absolute Gasteiger partial charge is 0.320 e. The van der Waals surface area contributed by atoms with Crippen molar-refractivity contribution in [3.8, 4) is 11.1 Å².